The minimum absolute atomic E-state index is 0.0864. The van der Waals surface area contributed by atoms with E-state index >= 15 is 0 Å². The first-order valence-electron chi connectivity index (χ1n) is 8.79. The van der Waals surface area contributed by atoms with E-state index in [2.05, 4.69) is 12.2 Å². The molecule has 134 valence electrons. The lowest BCUT2D eigenvalue weighted by Gasteiger charge is -2.31. The molecule has 24 heavy (non-hydrogen) atoms. The topological polar surface area (TPSA) is 66.5 Å². The fourth-order valence-corrected chi connectivity index (χ4v) is 4.40. The Morgan fingerprint density at radius 1 is 1.17 bits per heavy atom. The lowest BCUT2D eigenvalue weighted by Crippen LogP contribution is -2.46. The Hall–Kier alpha value is -1.40. The summed E-state index contributed by atoms with van der Waals surface area (Å²) in [6.07, 6.45) is 5.00. The van der Waals surface area contributed by atoms with Crippen molar-refractivity contribution < 1.29 is 13.2 Å². The average Bonchev–Trinajstić information content (AvgIpc) is 2.56. The van der Waals surface area contributed by atoms with Gasteiger partial charge in [-0.3, -0.25) is 4.79 Å². The number of nitrogens with zero attached hydrogens (tertiary/aromatic N) is 1. The molecule has 0 atom stereocenters. The van der Waals surface area contributed by atoms with E-state index in [4.69, 9.17) is 0 Å². The maximum absolute atomic E-state index is 12.6. The summed E-state index contributed by atoms with van der Waals surface area (Å²) in [5.41, 5.74) is 1.04. The minimum atomic E-state index is -3.43. The maximum Gasteiger partial charge on any atom is 0.243 e. The van der Waals surface area contributed by atoms with Gasteiger partial charge in [-0.05, 0) is 38.3 Å². The van der Waals surface area contributed by atoms with Crippen LogP contribution in [0.1, 0.15) is 51.0 Å². The van der Waals surface area contributed by atoms with Gasteiger partial charge in [-0.25, -0.2) is 8.42 Å². The number of aryl methyl sites for hydroxylation is 1. The number of amides is 1. The number of piperidine rings is 1. The van der Waals surface area contributed by atoms with Gasteiger partial charge in [0.1, 0.15) is 0 Å². The SMILES string of the molecule is CCCCCC(=O)NC1CCN(S(=O)(=O)c2ccc(C)cc2)CC1. The Morgan fingerprint density at radius 3 is 2.38 bits per heavy atom. The lowest BCUT2D eigenvalue weighted by atomic mass is 10.1. The number of benzene rings is 1. The first-order valence-corrected chi connectivity index (χ1v) is 10.2. The molecule has 0 radical (unpaired) electrons. The smallest absolute Gasteiger partial charge is 0.243 e. The van der Waals surface area contributed by atoms with Gasteiger partial charge in [0.25, 0.3) is 0 Å². The quantitative estimate of drug-likeness (QED) is 0.767. The number of rotatable bonds is 7. The number of unbranched alkanes of at least 4 members (excludes halogenated alkanes) is 2. The highest BCUT2D eigenvalue weighted by atomic mass is 32.2. The first kappa shape index (κ1) is 18.9. The normalized spacial score (nSPS) is 16.9. The van der Waals surface area contributed by atoms with E-state index in [9.17, 15) is 13.2 Å². The summed E-state index contributed by atoms with van der Waals surface area (Å²) in [6, 6.07) is 7.04. The van der Waals surface area contributed by atoms with Crippen molar-refractivity contribution in [2.24, 2.45) is 0 Å². The van der Waals surface area contributed by atoms with E-state index in [0.717, 1.165) is 24.8 Å². The minimum Gasteiger partial charge on any atom is -0.353 e. The highest BCUT2D eigenvalue weighted by molar-refractivity contribution is 7.89. The third kappa shape index (κ3) is 5.05. The molecule has 1 heterocycles. The van der Waals surface area contributed by atoms with Gasteiger partial charge < -0.3 is 5.32 Å². The molecule has 0 aromatic heterocycles. The van der Waals surface area contributed by atoms with Crippen molar-refractivity contribution in [3.8, 4) is 0 Å². The number of hydrogen-bond donors (Lipinski definition) is 1. The number of hydrogen-bond acceptors (Lipinski definition) is 3. The van der Waals surface area contributed by atoms with E-state index < -0.39 is 10.0 Å². The van der Waals surface area contributed by atoms with Crippen molar-refractivity contribution in [2.45, 2.75) is 63.3 Å². The van der Waals surface area contributed by atoms with E-state index in [-0.39, 0.29) is 11.9 Å². The van der Waals surface area contributed by atoms with Crippen LogP contribution in [0.2, 0.25) is 0 Å². The van der Waals surface area contributed by atoms with Crippen LogP contribution in [0.5, 0.6) is 0 Å². The summed E-state index contributed by atoms with van der Waals surface area (Å²) in [7, 11) is -3.43. The molecule has 0 aliphatic carbocycles. The molecule has 0 unspecified atom stereocenters. The van der Waals surface area contributed by atoms with Crippen LogP contribution in [0, 0.1) is 6.92 Å². The summed E-state index contributed by atoms with van der Waals surface area (Å²) in [6.45, 7) is 4.96. The van der Waals surface area contributed by atoms with Crippen molar-refractivity contribution in [1.82, 2.24) is 9.62 Å². The fraction of sp³-hybridized carbons (Fsp3) is 0.611. The predicted molar refractivity (Wildman–Crippen MR) is 95.2 cm³/mol. The fourth-order valence-electron chi connectivity index (χ4n) is 2.94. The molecule has 1 aliphatic heterocycles. The Labute approximate surface area is 145 Å². The van der Waals surface area contributed by atoms with Crippen LogP contribution in [0.15, 0.2) is 29.2 Å². The van der Waals surface area contributed by atoms with Crippen LogP contribution >= 0.6 is 0 Å². The molecule has 0 bridgehead atoms. The van der Waals surface area contributed by atoms with E-state index in [1.54, 1.807) is 12.1 Å². The molecule has 0 saturated carbocycles. The highest BCUT2D eigenvalue weighted by Gasteiger charge is 2.29. The molecular formula is C18H28N2O3S. The van der Waals surface area contributed by atoms with Gasteiger partial charge in [0.15, 0.2) is 0 Å². The van der Waals surface area contributed by atoms with E-state index in [0.29, 0.717) is 37.2 Å². The average molecular weight is 353 g/mol. The van der Waals surface area contributed by atoms with Gasteiger partial charge in [0.2, 0.25) is 15.9 Å². The van der Waals surface area contributed by atoms with Gasteiger partial charge in [0.05, 0.1) is 4.90 Å². The largest absolute Gasteiger partial charge is 0.353 e. The highest BCUT2D eigenvalue weighted by Crippen LogP contribution is 2.21. The summed E-state index contributed by atoms with van der Waals surface area (Å²) in [5.74, 6) is 0.0864. The third-order valence-corrected chi connectivity index (χ3v) is 6.40. The van der Waals surface area contributed by atoms with Crippen molar-refractivity contribution in [1.29, 1.82) is 0 Å². The molecule has 2 rings (SSSR count). The monoisotopic (exact) mass is 352 g/mol. The molecule has 6 heteroatoms. The van der Waals surface area contributed by atoms with Crippen LogP contribution in [0.4, 0.5) is 0 Å². The van der Waals surface area contributed by atoms with Gasteiger partial charge in [0, 0.05) is 25.6 Å². The summed E-state index contributed by atoms with van der Waals surface area (Å²) in [5, 5.41) is 3.04. The molecule has 1 aliphatic rings. The van der Waals surface area contributed by atoms with Gasteiger partial charge in [-0.15, -0.1) is 0 Å². The number of nitrogens with one attached hydrogen (secondary N) is 1. The zero-order valence-electron chi connectivity index (χ0n) is 14.6. The van der Waals surface area contributed by atoms with Gasteiger partial charge >= 0.3 is 0 Å². The summed E-state index contributed by atoms with van der Waals surface area (Å²) >= 11 is 0. The van der Waals surface area contributed by atoms with Crippen molar-refractivity contribution >= 4 is 15.9 Å². The summed E-state index contributed by atoms with van der Waals surface area (Å²) < 4.78 is 26.8. The maximum atomic E-state index is 12.6. The van der Waals surface area contributed by atoms with Crippen molar-refractivity contribution in [3.63, 3.8) is 0 Å². The molecular weight excluding hydrogens is 324 g/mol. The number of sulfonamides is 1. The molecule has 1 amide bonds. The van der Waals surface area contributed by atoms with E-state index in [1.165, 1.54) is 4.31 Å². The molecule has 0 spiro atoms. The Kier molecular flexibility index (Phi) is 6.80. The Bertz CT molecular complexity index is 633. The Balaban J connectivity index is 1.85. The van der Waals surface area contributed by atoms with Gasteiger partial charge in [-0.2, -0.15) is 4.31 Å². The number of carbonyl (C=O) groups excluding carboxylic acids is 1. The lowest BCUT2D eigenvalue weighted by molar-refractivity contribution is -0.122. The van der Waals surface area contributed by atoms with Crippen LogP contribution in [-0.2, 0) is 14.8 Å². The molecule has 1 saturated heterocycles. The zero-order valence-corrected chi connectivity index (χ0v) is 15.4. The molecule has 5 nitrogen and oxygen atoms in total. The molecule has 1 aromatic rings. The summed E-state index contributed by atoms with van der Waals surface area (Å²) in [4.78, 5) is 12.2. The van der Waals surface area contributed by atoms with E-state index in [1.807, 2.05) is 19.1 Å². The third-order valence-electron chi connectivity index (χ3n) is 4.49. The second-order valence-corrected chi connectivity index (χ2v) is 8.45. The number of carbonyl (C=O) groups is 1. The van der Waals surface area contributed by atoms with Crippen LogP contribution in [0.3, 0.4) is 0 Å². The van der Waals surface area contributed by atoms with Crippen LogP contribution in [0.25, 0.3) is 0 Å². The first-order chi connectivity index (χ1) is 11.4. The van der Waals surface area contributed by atoms with Gasteiger partial charge in [-0.1, -0.05) is 37.5 Å². The zero-order chi connectivity index (χ0) is 17.6. The predicted octanol–water partition coefficient (Wildman–Crippen LogP) is 2.84. The molecule has 1 aromatic carbocycles. The van der Waals surface area contributed by atoms with Crippen LogP contribution < -0.4 is 5.32 Å². The molecule has 1 fully saturated rings. The second kappa shape index (κ2) is 8.62. The standard InChI is InChI=1S/C18H28N2O3S/c1-3-4-5-6-18(21)19-16-11-13-20(14-12-16)24(22,23)17-9-7-15(2)8-10-17/h7-10,16H,3-6,11-14H2,1-2H3,(H,19,21). The molecule has 1 N–H and O–H groups in total. The second-order valence-electron chi connectivity index (χ2n) is 6.52. The van der Waals surface area contributed by atoms with Crippen molar-refractivity contribution in [2.75, 3.05) is 13.1 Å². The Morgan fingerprint density at radius 2 is 1.79 bits per heavy atom. The van der Waals surface area contributed by atoms with Crippen molar-refractivity contribution in [3.05, 3.63) is 29.8 Å². The van der Waals surface area contributed by atoms with Crippen LogP contribution in [-0.4, -0.2) is 37.8 Å².